The first kappa shape index (κ1) is 23.2. The lowest BCUT2D eigenvalue weighted by molar-refractivity contribution is -0.113. The summed E-state index contributed by atoms with van der Waals surface area (Å²) in [6, 6.07) is 19.2. The van der Waals surface area contributed by atoms with Crippen LogP contribution in [0, 0.1) is 0 Å². The fraction of sp³-hybridized carbons (Fsp3) is 0.160. The number of imidazole rings is 1. The Morgan fingerprint density at radius 1 is 1.03 bits per heavy atom. The molecule has 0 spiro atoms. The number of nitrogens with one attached hydrogen (secondary N) is 2. The fourth-order valence-corrected chi connectivity index (χ4v) is 4.90. The maximum atomic E-state index is 12.7. The SMILES string of the molecule is COc1ccc(C(C)=O)cc1CS(=O)(=O)CC(=O)Nc1cccc(-c2nc3ccccc3[nH]2)c1. The van der Waals surface area contributed by atoms with Crippen LogP contribution in [-0.4, -0.2) is 42.9 Å². The van der Waals surface area contributed by atoms with Crippen molar-refractivity contribution < 1.29 is 22.7 Å². The number of ether oxygens (including phenoxy) is 1. The smallest absolute Gasteiger partial charge is 0.239 e. The molecule has 0 aliphatic carbocycles. The van der Waals surface area contributed by atoms with E-state index in [2.05, 4.69) is 15.3 Å². The van der Waals surface area contributed by atoms with Crippen LogP contribution in [0.2, 0.25) is 0 Å². The number of para-hydroxylation sites is 2. The van der Waals surface area contributed by atoms with Gasteiger partial charge in [-0.2, -0.15) is 0 Å². The van der Waals surface area contributed by atoms with Crippen molar-refractivity contribution in [3.63, 3.8) is 0 Å². The van der Waals surface area contributed by atoms with Crippen molar-refractivity contribution in [1.82, 2.24) is 9.97 Å². The second-order valence-corrected chi connectivity index (χ2v) is 9.91. The van der Waals surface area contributed by atoms with Crippen molar-refractivity contribution in [2.45, 2.75) is 12.7 Å². The number of carbonyl (C=O) groups excluding carboxylic acids is 2. The van der Waals surface area contributed by atoms with Crippen LogP contribution < -0.4 is 10.1 Å². The molecule has 1 aromatic heterocycles. The van der Waals surface area contributed by atoms with E-state index >= 15 is 0 Å². The molecular weight excluding hydrogens is 454 g/mol. The highest BCUT2D eigenvalue weighted by Gasteiger charge is 2.21. The second kappa shape index (κ2) is 9.48. The van der Waals surface area contributed by atoms with Gasteiger partial charge < -0.3 is 15.0 Å². The number of Topliss-reactive ketones (excluding diaryl/α,β-unsaturated/α-hetero) is 1. The number of methoxy groups -OCH3 is 1. The Hall–Kier alpha value is -3.98. The fourth-order valence-electron chi connectivity index (χ4n) is 3.63. The molecule has 174 valence electrons. The van der Waals surface area contributed by atoms with Crippen LogP contribution in [0.3, 0.4) is 0 Å². The summed E-state index contributed by atoms with van der Waals surface area (Å²) in [5, 5.41) is 2.64. The number of benzene rings is 3. The van der Waals surface area contributed by atoms with Crippen molar-refractivity contribution in [3.8, 4) is 17.1 Å². The monoisotopic (exact) mass is 477 g/mol. The zero-order valence-corrected chi connectivity index (χ0v) is 19.5. The van der Waals surface area contributed by atoms with Crippen LogP contribution in [0.25, 0.3) is 22.4 Å². The largest absolute Gasteiger partial charge is 0.496 e. The Balaban J connectivity index is 1.48. The van der Waals surface area contributed by atoms with Crippen LogP contribution in [-0.2, 0) is 20.4 Å². The molecule has 0 saturated carbocycles. The molecular formula is C25H23N3O5S. The van der Waals surface area contributed by atoms with Gasteiger partial charge in [0.2, 0.25) is 5.91 Å². The Morgan fingerprint density at radius 3 is 2.56 bits per heavy atom. The van der Waals surface area contributed by atoms with Gasteiger partial charge in [-0.15, -0.1) is 0 Å². The molecule has 3 aromatic carbocycles. The second-order valence-electron chi connectivity index (χ2n) is 7.85. The molecule has 0 aliphatic heterocycles. The van der Waals surface area contributed by atoms with Crippen molar-refractivity contribution in [2.75, 3.05) is 18.2 Å². The number of aromatic amines is 1. The zero-order valence-electron chi connectivity index (χ0n) is 18.7. The highest BCUT2D eigenvalue weighted by Crippen LogP contribution is 2.24. The topological polar surface area (TPSA) is 118 Å². The minimum Gasteiger partial charge on any atom is -0.496 e. The predicted octanol–water partition coefficient (Wildman–Crippen LogP) is 3.99. The molecule has 4 aromatic rings. The standard InChI is InChI=1S/C25H23N3O5S/c1-16(29)17-10-11-23(33-2)19(12-17)14-34(31,32)15-24(30)26-20-7-5-6-18(13-20)25-27-21-8-3-4-9-22(21)28-25/h3-13H,14-15H2,1-2H3,(H,26,30)(H,27,28). The van der Waals surface area contributed by atoms with E-state index in [4.69, 9.17) is 4.74 Å². The van der Waals surface area contributed by atoms with E-state index in [9.17, 15) is 18.0 Å². The number of sulfone groups is 1. The van der Waals surface area contributed by atoms with Gasteiger partial charge in [0, 0.05) is 22.4 Å². The number of hydrogen-bond acceptors (Lipinski definition) is 6. The van der Waals surface area contributed by atoms with Crippen molar-refractivity contribution in [3.05, 3.63) is 77.9 Å². The van der Waals surface area contributed by atoms with Gasteiger partial charge in [-0.05, 0) is 49.4 Å². The minimum absolute atomic E-state index is 0.191. The molecule has 0 fully saturated rings. The molecule has 0 unspecified atom stereocenters. The summed E-state index contributed by atoms with van der Waals surface area (Å²) in [6.45, 7) is 1.40. The summed E-state index contributed by atoms with van der Waals surface area (Å²) >= 11 is 0. The third kappa shape index (κ3) is 5.32. The highest BCUT2D eigenvalue weighted by atomic mass is 32.2. The van der Waals surface area contributed by atoms with Crippen molar-refractivity contribution in [1.29, 1.82) is 0 Å². The summed E-state index contributed by atoms with van der Waals surface area (Å²) in [4.78, 5) is 32.0. The first-order chi connectivity index (χ1) is 16.2. The van der Waals surface area contributed by atoms with Crippen LogP contribution in [0.1, 0.15) is 22.8 Å². The maximum absolute atomic E-state index is 12.7. The predicted molar refractivity (Wildman–Crippen MR) is 131 cm³/mol. The Morgan fingerprint density at radius 2 is 1.82 bits per heavy atom. The first-order valence-electron chi connectivity index (χ1n) is 10.5. The van der Waals surface area contributed by atoms with Gasteiger partial charge >= 0.3 is 0 Å². The average Bonchev–Trinajstić information content (AvgIpc) is 3.23. The molecule has 0 aliphatic rings. The molecule has 0 atom stereocenters. The summed E-state index contributed by atoms with van der Waals surface area (Å²) in [5.41, 5.74) is 3.62. The molecule has 2 N–H and O–H groups in total. The number of H-pyrrole nitrogens is 1. The molecule has 4 rings (SSSR count). The van der Waals surface area contributed by atoms with E-state index in [1.54, 1.807) is 30.3 Å². The summed E-state index contributed by atoms with van der Waals surface area (Å²) in [6.07, 6.45) is 0. The maximum Gasteiger partial charge on any atom is 0.239 e. The molecule has 0 bridgehead atoms. The lowest BCUT2D eigenvalue weighted by atomic mass is 10.1. The normalized spacial score (nSPS) is 11.4. The number of nitrogens with zero attached hydrogens (tertiary/aromatic N) is 1. The van der Waals surface area contributed by atoms with Gasteiger partial charge in [0.05, 0.1) is 23.9 Å². The number of rotatable bonds is 8. The van der Waals surface area contributed by atoms with E-state index < -0.39 is 27.3 Å². The van der Waals surface area contributed by atoms with Gasteiger partial charge in [-0.1, -0.05) is 24.3 Å². The number of hydrogen-bond donors (Lipinski definition) is 2. The number of ketones is 1. The Labute approximate surface area is 196 Å². The van der Waals surface area contributed by atoms with E-state index in [0.29, 0.717) is 28.4 Å². The summed E-state index contributed by atoms with van der Waals surface area (Å²) in [7, 11) is -2.41. The molecule has 1 amide bonds. The quantitative estimate of drug-likeness (QED) is 0.371. The molecule has 9 heteroatoms. The number of anilines is 1. The molecule has 0 radical (unpaired) electrons. The lowest BCUT2D eigenvalue weighted by Gasteiger charge is -2.11. The molecule has 8 nitrogen and oxygen atoms in total. The number of amides is 1. The van der Waals surface area contributed by atoms with Gasteiger partial charge in [0.1, 0.15) is 17.3 Å². The van der Waals surface area contributed by atoms with Crippen LogP contribution in [0.4, 0.5) is 5.69 Å². The third-order valence-corrected chi connectivity index (χ3v) is 6.68. The van der Waals surface area contributed by atoms with Crippen molar-refractivity contribution >= 4 is 38.2 Å². The number of carbonyl (C=O) groups is 2. The Kier molecular flexibility index (Phi) is 6.47. The highest BCUT2D eigenvalue weighted by molar-refractivity contribution is 7.91. The third-order valence-electron chi connectivity index (χ3n) is 5.22. The van der Waals surface area contributed by atoms with E-state index in [0.717, 1.165) is 16.6 Å². The van der Waals surface area contributed by atoms with E-state index in [1.165, 1.54) is 20.1 Å². The number of aromatic nitrogens is 2. The average molecular weight is 478 g/mol. The van der Waals surface area contributed by atoms with Gasteiger partial charge in [-0.3, -0.25) is 9.59 Å². The molecule has 0 saturated heterocycles. The van der Waals surface area contributed by atoms with E-state index in [-0.39, 0.29) is 5.78 Å². The zero-order chi connectivity index (χ0) is 24.3. The number of fused-ring (bicyclic) bond motifs is 1. The molecule has 1 heterocycles. The first-order valence-corrected chi connectivity index (χ1v) is 12.3. The van der Waals surface area contributed by atoms with Gasteiger partial charge in [0.15, 0.2) is 15.6 Å². The Bertz CT molecular complexity index is 1460. The minimum atomic E-state index is -3.83. The summed E-state index contributed by atoms with van der Waals surface area (Å²) in [5.74, 6) is -1.01. The van der Waals surface area contributed by atoms with Crippen LogP contribution >= 0.6 is 0 Å². The van der Waals surface area contributed by atoms with Gasteiger partial charge in [0.25, 0.3) is 0 Å². The van der Waals surface area contributed by atoms with Gasteiger partial charge in [-0.25, -0.2) is 13.4 Å². The van der Waals surface area contributed by atoms with E-state index in [1.807, 2.05) is 30.3 Å². The lowest BCUT2D eigenvalue weighted by Crippen LogP contribution is -2.24. The van der Waals surface area contributed by atoms with Crippen LogP contribution in [0.5, 0.6) is 5.75 Å². The molecule has 34 heavy (non-hydrogen) atoms. The van der Waals surface area contributed by atoms with Crippen LogP contribution in [0.15, 0.2) is 66.7 Å². The summed E-state index contributed by atoms with van der Waals surface area (Å²) < 4.78 is 30.7. The van der Waals surface area contributed by atoms with Crippen molar-refractivity contribution in [2.24, 2.45) is 0 Å².